The van der Waals surface area contributed by atoms with Gasteiger partial charge in [-0.25, -0.2) is 9.97 Å². The van der Waals surface area contributed by atoms with Crippen LogP contribution < -0.4 is 0 Å². The maximum absolute atomic E-state index is 12.3. The number of fused-ring (bicyclic) bond motifs is 1. The van der Waals surface area contributed by atoms with Gasteiger partial charge in [0.05, 0.1) is 11.9 Å². The predicted molar refractivity (Wildman–Crippen MR) is 66.2 cm³/mol. The van der Waals surface area contributed by atoms with Crippen molar-refractivity contribution in [3.05, 3.63) is 35.9 Å². The maximum atomic E-state index is 12.3. The summed E-state index contributed by atoms with van der Waals surface area (Å²) in [6, 6.07) is 3.63. The van der Waals surface area contributed by atoms with E-state index in [1.807, 2.05) is 19.9 Å². The SMILES string of the molecule is CC1(C)CCc2nc(-c3ncco3)ccc2C1=O. The van der Waals surface area contributed by atoms with Gasteiger partial charge in [0.25, 0.3) is 0 Å². The summed E-state index contributed by atoms with van der Waals surface area (Å²) in [6.07, 6.45) is 4.76. The summed E-state index contributed by atoms with van der Waals surface area (Å²) in [7, 11) is 0. The first kappa shape index (κ1) is 11.1. The van der Waals surface area contributed by atoms with Crippen LogP contribution in [-0.4, -0.2) is 15.8 Å². The summed E-state index contributed by atoms with van der Waals surface area (Å²) < 4.78 is 5.22. The van der Waals surface area contributed by atoms with Gasteiger partial charge in [-0.2, -0.15) is 0 Å². The van der Waals surface area contributed by atoms with Crippen molar-refractivity contribution in [1.29, 1.82) is 0 Å². The highest BCUT2D eigenvalue weighted by Crippen LogP contribution is 2.34. The molecule has 1 aliphatic rings. The van der Waals surface area contributed by atoms with Gasteiger partial charge >= 0.3 is 0 Å². The molecule has 2 aromatic heterocycles. The van der Waals surface area contributed by atoms with E-state index in [2.05, 4.69) is 9.97 Å². The van der Waals surface area contributed by atoms with E-state index in [1.54, 1.807) is 12.3 Å². The Morgan fingerprint density at radius 1 is 1.33 bits per heavy atom. The van der Waals surface area contributed by atoms with Crippen LogP contribution in [0.2, 0.25) is 0 Å². The summed E-state index contributed by atoms with van der Waals surface area (Å²) >= 11 is 0. The van der Waals surface area contributed by atoms with E-state index < -0.39 is 0 Å². The van der Waals surface area contributed by atoms with E-state index >= 15 is 0 Å². The minimum Gasteiger partial charge on any atom is -0.443 e. The number of carbonyl (C=O) groups is 1. The van der Waals surface area contributed by atoms with E-state index in [0.717, 1.165) is 24.1 Å². The van der Waals surface area contributed by atoms with Gasteiger partial charge in [-0.3, -0.25) is 4.79 Å². The van der Waals surface area contributed by atoms with Gasteiger partial charge in [0.15, 0.2) is 5.78 Å². The van der Waals surface area contributed by atoms with Gasteiger partial charge in [-0.1, -0.05) is 13.8 Å². The quantitative estimate of drug-likeness (QED) is 0.771. The number of rotatable bonds is 1. The first-order valence-electron chi connectivity index (χ1n) is 6.02. The molecule has 0 aromatic carbocycles. The van der Waals surface area contributed by atoms with E-state index in [0.29, 0.717) is 11.6 Å². The fourth-order valence-electron chi connectivity index (χ4n) is 2.28. The number of aryl methyl sites for hydroxylation is 1. The molecule has 0 saturated carbocycles. The molecule has 0 aliphatic heterocycles. The Balaban J connectivity index is 2.06. The van der Waals surface area contributed by atoms with Crippen LogP contribution in [0.25, 0.3) is 11.6 Å². The molecule has 92 valence electrons. The van der Waals surface area contributed by atoms with Crippen molar-refractivity contribution < 1.29 is 9.21 Å². The van der Waals surface area contributed by atoms with E-state index in [4.69, 9.17) is 4.42 Å². The van der Waals surface area contributed by atoms with Crippen molar-refractivity contribution in [2.75, 3.05) is 0 Å². The number of Topliss-reactive ketones (excluding diaryl/α,β-unsaturated/α-hetero) is 1. The minimum absolute atomic E-state index is 0.176. The summed E-state index contributed by atoms with van der Waals surface area (Å²) in [4.78, 5) is 20.8. The molecule has 0 spiro atoms. The molecule has 0 N–H and O–H groups in total. The van der Waals surface area contributed by atoms with Crippen LogP contribution in [0, 0.1) is 5.41 Å². The van der Waals surface area contributed by atoms with Crippen molar-refractivity contribution in [1.82, 2.24) is 9.97 Å². The monoisotopic (exact) mass is 242 g/mol. The first-order valence-corrected chi connectivity index (χ1v) is 6.02. The van der Waals surface area contributed by atoms with Crippen molar-refractivity contribution in [3.8, 4) is 11.6 Å². The third-order valence-corrected chi connectivity index (χ3v) is 3.47. The fraction of sp³-hybridized carbons (Fsp3) is 0.357. The Kier molecular flexibility index (Phi) is 2.33. The zero-order valence-corrected chi connectivity index (χ0v) is 10.4. The van der Waals surface area contributed by atoms with E-state index in [1.165, 1.54) is 6.26 Å². The second-order valence-corrected chi connectivity index (χ2v) is 5.24. The molecular formula is C14H14N2O2. The predicted octanol–water partition coefficient (Wildman–Crippen LogP) is 2.89. The molecule has 2 heterocycles. The van der Waals surface area contributed by atoms with Crippen molar-refractivity contribution >= 4 is 5.78 Å². The lowest BCUT2D eigenvalue weighted by Crippen LogP contribution is -2.31. The molecule has 1 aliphatic carbocycles. The molecule has 4 heteroatoms. The Labute approximate surface area is 105 Å². The van der Waals surface area contributed by atoms with E-state index in [-0.39, 0.29) is 11.2 Å². The van der Waals surface area contributed by atoms with Crippen LogP contribution in [0.15, 0.2) is 29.0 Å². The van der Waals surface area contributed by atoms with Gasteiger partial charge in [-0.15, -0.1) is 0 Å². The average molecular weight is 242 g/mol. The molecule has 0 atom stereocenters. The lowest BCUT2D eigenvalue weighted by atomic mass is 9.75. The van der Waals surface area contributed by atoms with E-state index in [9.17, 15) is 4.79 Å². The number of carbonyl (C=O) groups excluding carboxylic acids is 1. The third kappa shape index (κ3) is 1.65. The minimum atomic E-state index is -0.279. The average Bonchev–Trinajstić information content (AvgIpc) is 2.88. The Hall–Kier alpha value is -1.97. The Bertz CT molecular complexity index is 600. The Morgan fingerprint density at radius 3 is 2.89 bits per heavy atom. The highest BCUT2D eigenvalue weighted by Gasteiger charge is 2.34. The van der Waals surface area contributed by atoms with Crippen LogP contribution in [-0.2, 0) is 6.42 Å². The molecule has 18 heavy (non-hydrogen) atoms. The molecule has 0 amide bonds. The summed E-state index contributed by atoms with van der Waals surface area (Å²) in [5, 5.41) is 0. The zero-order chi connectivity index (χ0) is 12.8. The maximum Gasteiger partial charge on any atom is 0.244 e. The second-order valence-electron chi connectivity index (χ2n) is 5.24. The molecule has 4 nitrogen and oxygen atoms in total. The molecule has 0 fully saturated rings. The Morgan fingerprint density at radius 2 is 2.17 bits per heavy atom. The van der Waals surface area contributed by atoms with Gasteiger partial charge in [0.1, 0.15) is 12.0 Å². The van der Waals surface area contributed by atoms with Crippen molar-refractivity contribution in [3.63, 3.8) is 0 Å². The summed E-state index contributed by atoms with van der Waals surface area (Å²) in [6.45, 7) is 3.97. The van der Waals surface area contributed by atoms with Crippen LogP contribution >= 0.6 is 0 Å². The van der Waals surface area contributed by atoms with Crippen molar-refractivity contribution in [2.24, 2.45) is 5.41 Å². The lowest BCUT2D eigenvalue weighted by Gasteiger charge is -2.28. The van der Waals surface area contributed by atoms with Crippen LogP contribution in [0.4, 0.5) is 0 Å². The number of hydrogen-bond acceptors (Lipinski definition) is 4. The van der Waals surface area contributed by atoms with Gasteiger partial charge < -0.3 is 4.42 Å². The van der Waals surface area contributed by atoms with Crippen LogP contribution in [0.5, 0.6) is 0 Å². The smallest absolute Gasteiger partial charge is 0.244 e. The molecular weight excluding hydrogens is 228 g/mol. The summed E-state index contributed by atoms with van der Waals surface area (Å²) in [5.41, 5.74) is 2.00. The molecule has 3 rings (SSSR count). The normalized spacial score (nSPS) is 17.6. The number of hydrogen-bond donors (Lipinski definition) is 0. The molecule has 0 unspecified atom stereocenters. The number of ketones is 1. The number of aromatic nitrogens is 2. The number of pyridine rings is 1. The highest BCUT2D eigenvalue weighted by molar-refractivity contribution is 6.02. The molecule has 2 aromatic rings. The fourth-order valence-corrected chi connectivity index (χ4v) is 2.28. The lowest BCUT2D eigenvalue weighted by molar-refractivity contribution is 0.0809. The topological polar surface area (TPSA) is 56.0 Å². The van der Waals surface area contributed by atoms with Crippen molar-refractivity contribution in [2.45, 2.75) is 26.7 Å². The molecule has 0 saturated heterocycles. The van der Waals surface area contributed by atoms with Gasteiger partial charge in [0.2, 0.25) is 5.89 Å². The number of nitrogens with zero attached hydrogens (tertiary/aromatic N) is 2. The van der Waals surface area contributed by atoms with Crippen LogP contribution in [0.3, 0.4) is 0 Å². The largest absolute Gasteiger partial charge is 0.443 e. The van der Waals surface area contributed by atoms with Crippen LogP contribution in [0.1, 0.15) is 36.3 Å². The van der Waals surface area contributed by atoms with Gasteiger partial charge in [-0.05, 0) is 25.0 Å². The number of oxazole rings is 1. The second kappa shape index (κ2) is 3.77. The first-order chi connectivity index (χ1) is 8.58. The summed E-state index contributed by atoms with van der Waals surface area (Å²) in [5.74, 6) is 0.672. The molecule has 0 radical (unpaired) electrons. The van der Waals surface area contributed by atoms with Gasteiger partial charge in [0, 0.05) is 11.0 Å². The molecule has 0 bridgehead atoms. The third-order valence-electron chi connectivity index (χ3n) is 3.47. The zero-order valence-electron chi connectivity index (χ0n) is 10.4. The standard InChI is InChI=1S/C14H14N2O2/c1-14(2)6-5-10-9(12(14)17)3-4-11(16-10)13-15-7-8-18-13/h3-4,7-8H,5-6H2,1-2H3. The highest BCUT2D eigenvalue weighted by atomic mass is 16.3.